The lowest BCUT2D eigenvalue weighted by molar-refractivity contribution is -0.139. The maximum absolute atomic E-state index is 13.4. The van der Waals surface area contributed by atoms with Crippen molar-refractivity contribution in [2.24, 2.45) is 5.41 Å². The number of benzene rings is 1. The van der Waals surface area contributed by atoms with Crippen LogP contribution in [0, 0.1) is 22.9 Å². The highest BCUT2D eigenvalue weighted by molar-refractivity contribution is 5.67. The second-order valence-electron chi connectivity index (χ2n) is 5.24. The molecule has 0 amide bonds. The van der Waals surface area contributed by atoms with Crippen LogP contribution >= 0.6 is 0 Å². The molecule has 1 atom stereocenters. The summed E-state index contributed by atoms with van der Waals surface area (Å²) in [6, 6.07) is 0.956. The fourth-order valence-electron chi connectivity index (χ4n) is 1.98. The van der Waals surface area contributed by atoms with Crippen LogP contribution in [0.4, 0.5) is 13.2 Å². The first-order chi connectivity index (χ1) is 8.62. The van der Waals surface area contributed by atoms with Gasteiger partial charge in [0, 0.05) is 12.1 Å². The molecule has 0 radical (unpaired) electrons. The standard InChI is InChI=1S/C13H15F3O3/c1-13(2,6-11(18)19)5-10(17)12-8(15)3-7(14)4-9(12)16/h3-4,10,17H,5-6H2,1-2H3,(H,18,19). The first-order valence-corrected chi connectivity index (χ1v) is 5.67. The van der Waals surface area contributed by atoms with Gasteiger partial charge in [0.2, 0.25) is 0 Å². The van der Waals surface area contributed by atoms with Gasteiger partial charge in [-0.15, -0.1) is 0 Å². The zero-order valence-electron chi connectivity index (χ0n) is 10.6. The van der Waals surface area contributed by atoms with E-state index >= 15 is 0 Å². The van der Waals surface area contributed by atoms with Gasteiger partial charge in [-0.1, -0.05) is 13.8 Å². The summed E-state index contributed by atoms with van der Waals surface area (Å²) < 4.78 is 39.6. The number of rotatable bonds is 5. The Balaban J connectivity index is 2.95. The maximum Gasteiger partial charge on any atom is 0.303 e. The van der Waals surface area contributed by atoms with Gasteiger partial charge in [0.15, 0.2) is 0 Å². The zero-order valence-corrected chi connectivity index (χ0v) is 10.6. The summed E-state index contributed by atoms with van der Waals surface area (Å²) in [5.41, 5.74) is -1.49. The van der Waals surface area contributed by atoms with Crippen LogP contribution < -0.4 is 0 Å². The van der Waals surface area contributed by atoms with Gasteiger partial charge in [-0.25, -0.2) is 13.2 Å². The van der Waals surface area contributed by atoms with E-state index in [0.717, 1.165) is 0 Å². The van der Waals surface area contributed by atoms with Crippen molar-refractivity contribution in [1.29, 1.82) is 0 Å². The number of halogens is 3. The third-order valence-corrected chi connectivity index (χ3v) is 2.75. The minimum Gasteiger partial charge on any atom is -0.481 e. The Hall–Kier alpha value is -1.56. The molecule has 0 aromatic heterocycles. The van der Waals surface area contributed by atoms with Crippen LogP contribution in [-0.4, -0.2) is 16.2 Å². The monoisotopic (exact) mass is 276 g/mol. The van der Waals surface area contributed by atoms with Crippen molar-refractivity contribution in [2.75, 3.05) is 0 Å². The van der Waals surface area contributed by atoms with Crippen LogP contribution in [0.1, 0.15) is 38.4 Å². The summed E-state index contributed by atoms with van der Waals surface area (Å²) in [5, 5.41) is 18.5. The number of carboxylic acid groups (broad SMARTS) is 1. The predicted octanol–water partition coefficient (Wildman–Crippen LogP) is 3.03. The molecule has 2 N–H and O–H groups in total. The van der Waals surface area contributed by atoms with E-state index in [9.17, 15) is 23.1 Å². The van der Waals surface area contributed by atoms with Crippen LogP contribution in [-0.2, 0) is 4.79 Å². The van der Waals surface area contributed by atoms with Gasteiger partial charge >= 0.3 is 5.97 Å². The molecule has 1 rings (SSSR count). The molecule has 0 saturated heterocycles. The van der Waals surface area contributed by atoms with E-state index in [-0.39, 0.29) is 12.8 Å². The van der Waals surface area contributed by atoms with Gasteiger partial charge in [0.05, 0.1) is 18.1 Å². The van der Waals surface area contributed by atoms with Crippen molar-refractivity contribution in [1.82, 2.24) is 0 Å². The van der Waals surface area contributed by atoms with E-state index < -0.39 is 40.5 Å². The van der Waals surface area contributed by atoms with Crippen molar-refractivity contribution in [2.45, 2.75) is 32.8 Å². The quantitative estimate of drug-likeness (QED) is 0.869. The molecule has 1 unspecified atom stereocenters. The number of aliphatic carboxylic acids is 1. The third-order valence-electron chi connectivity index (χ3n) is 2.75. The highest BCUT2D eigenvalue weighted by Gasteiger charge is 2.29. The largest absolute Gasteiger partial charge is 0.481 e. The molecule has 106 valence electrons. The Morgan fingerprint density at radius 3 is 2.16 bits per heavy atom. The second-order valence-corrected chi connectivity index (χ2v) is 5.24. The van der Waals surface area contributed by atoms with Gasteiger partial charge in [-0.05, 0) is 11.8 Å². The van der Waals surface area contributed by atoms with Gasteiger partial charge in [0.1, 0.15) is 17.5 Å². The number of carbonyl (C=O) groups is 1. The summed E-state index contributed by atoms with van der Waals surface area (Å²) >= 11 is 0. The lowest BCUT2D eigenvalue weighted by Crippen LogP contribution is -2.21. The number of hydrogen-bond acceptors (Lipinski definition) is 2. The first kappa shape index (κ1) is 15.5. The molecule has 0 aliphatic carbocycles. The van der Waals surface area contributed by atoms with E-state index in [1.807, 2.05) is 0 Å². The van der Waals surface area contributed by atoms with Crippen molar-refractivity contribution in [3.05, 3.63) is 35.1 Å². The average molecular weight is 276 g/mol. The molecule has 0 spiro atoms. The summed E-state index contributed by atoms with van der Waals surface area (Å²) in [6.45, 7) is 3.12. The van der Waals surface area contributed by atoms with Gasteiger partial charge < -0.3 is 10.2 Å². The Morgan fingerprint density at radius 1 is 1.26 bits per heavy atom. The molecular formula is C13H15F3O3. The average Bonchev–Trinajstić information content (AvgIpc) is 2.10. The molecule has 1 aromatic carbocycles. The van der Waals surface area contributed by atoms with Crippen LogP contribution in [0.3, 0.4) is 0 Å². The highest BCUT2D eigenvalue weighted by atomic mass is 19.1. The lowest BCUT2D eigenvalue weighted by Gasteiger charge is -2.26. The first-order valence-electron chi connectivity index (χ1n) is 5.67. The maximum atomic E-state index is 13.4. The summed E-state index contributed by atoms with van der Waals surface area (Å²) in [6.07, 6.45) is -1.94. The van der Waals surface area contributed by atoms with Crippen molar-refractivity contribution in [3.8, 4) is 0 Å². The van der Waals surface area contributed by atoms with Crippen molar-refractivity contribution >= 4 is 5.97 Å². The van der Waals surface area contributed by atoms with E-state index in [1.165, 1.54) is 0 Å². The summed E-state index contributed by atoms with van der Waals surface area (Å²) in [4.78, 5) is 10.6. The Kier molecular flexibility index (Phi) is 4.57. The van der Waals surface area contributed by atoms with E-state index in [0.29, 0.717) is 12.1 Å². The lowest BCUT2D eigenvalue weighted by atomic mass is 9.81. The van der Waals surface area contributed by atoms with Crippen LogP contribution in [0.2, 0.25) is 0 Å². The normalized spacial score (nSPS) is 13.4. The molecular weight excluding hydrogens is 261 g/mol. The second kappa shape index (κ2) is 5.61. The molecule has 0 saturated carbocycles. The van der Waals surface area contributed by atoms with Crippen LogP contribution in [0.5, 0.6) is 0 Å². The summed E-state index contributed by atoms with van der Waals surface area (Å²) in [5.74, 6) is -4.51. The van der Waals surface area contributed by atoms with E-state index in [1.54, 1.807) is 13.8 Å². The Bertz CT molecular complexity index is 463. The fraction of sp³-hybridized carbons (Fsp3) is 0.462. The van der Waals surface area contributed by atoms with Crippen molar-refractivity contribution in [3.63, 3.8) is 0 Å². The number of aliphatic hydroxyl groups is 1. The molecule has 0 aliphatic rings. The zero-order chi connectivity index (χ0) is 14.8. The van der Waals surface area contributed by atoms with Gasteiger partial charge in [-0.3, -0.25) is 4.79 Å². The predicted molar refractivity (Wildman–Crippen MR) is 61.9 cm³/mol. The minimum atomic E-state index is -1.53. The number of carboxylic acids is 1. The van der Waals surface area contributed by atoms with Crippen molar-refractivity contribution < 1.29 is 28.2 Å². The summed E-state index contributed by atoms with van der Waals surface area (Å²) in [7, 11) is 0. The highest BCUT2D eigenvalue weighted by Crippen LogP contribution is 2.35. The minimum absolute atomic E-state index is 0.154. The molecule has 0 aliphatic heterocycles. The third kappa shape index (κ3) is 4.24. The van der Waals surface area contributed by atoms with E-state index in [2.05, 4.69) is 0 Å². The molecule has 0 bridgehead atoms. The Labute approximate surface area is 108 Å². The van der Waals surface area contributed by atoms with Gasteiger partial charge in [0.25, 0.3) is 0 Å². The molecule has 0 heterocycles. The van der Waals surface area contributed by atoms with Crippen LogP contribution in [0.15, 0.2) is 12.1 Å². The molecule has 19 heavy (non-hydrogen) atoms. The molecule has 1 aromatic rings. The molecule has 3 nitrogen and oxygen atoms in total. The van der Waals surface area contributed by atoms with Crippen LogP contribution in [0.25, 0.3) is 0 Å². The Morgan fingerprint density at radius 2 is 1.74 bits per heavy atom. The number of hydrogen-bond donors (Lipinski definition) is 2. The molecule has 0 fully saturated rings. The van der Waals surface area contributed by atoms with E-state index in [4.69, 9.17) is 5.11 Å². The topological polar surface area (TPSA) is 57.5 Å². The van der Waals surface area contributed by atoms with Gasteiger partial charge in [-0.2, -0.15) is 0 Å². The molecule has 6 heteroatoms. The fourth-order valence-corrected chi connectivity index (χ4v) is 1.98. The smallest absolute Gasteiger partial charge is 0.303 e. The SMILES string of the molecule is CC(C)(CC(=O)O)CC(O)c1c(F)cc(F)cc1F. The number of aliphatic hydroxyl groups excluding tert-OH is 1.